The fraction of sp³-hybridized carbons (Fsp3) is 0.935. The van der Waals surface area contributed by atoms with Gasteiger partial charge in [-0.05, 0) is 38.5 Å². The first kappa shape index (κ1) is 50.1. The highest BCUT2D eigenvalue weighted by molar-refractivity contribution is 5.76. The van der Waals surface area contributed by atoms with Gasteiger partial charge in [0.1, 0.15) is 6.10 Å². The Balaban J connectivity index is 3.52. The van der Waals surface area contributed by atoms with Gasteiger partial charge in [0.2, 0.25) is 5.91 Å². The maximum absolute atomic E-state index is 12.4. The standard InChI is InChI=1S/C46H91NO4/c1-3-5-7-9-11-13-15-16-17-18-19-20-21-22-23-24-25-26-27-28-29-31-33-35-37-39-41-45(50)47-43(42-48)46(51)44(49)40-38-36-34-32-30-14-12-10-8-6-4-2/h32,34,43-44,46,48-49,51H,3-31,33,35-42H2,1-2H3,(H,47,50)/b34-32+. The topological polar surface area (TPSA) is 89.8 Å². The predicted molar refractivity (Wildman–Crippen MR) is 222 cm³/mol. The average Bonchev–Trinajstić information content (AvgIpc) is 3.13. The molecule has 0 aromatic rings. The first-order valence-corrected chi connectivity index (χ1v) is 23.0. The number of hydrogen-bond donors (Lipinski definition) is 4. The number of amides is 1. The highest BCUT2D eigenvalue weighted by Gasteiger charge is 2.26. The molecule has 0 rings (SSSR count). The molecule has 0 aliphatic rings. The van der Waals surface area contributed by atoms with E-state index in [4.69, 9.17) is 0 Å². The molecule has 0 heterocycles. The van der Waals surface area contributed by atoms with Crippen LogP contribution in [0.1, 0.15) is 251 Å². The number of unbranched alkanes of at least 4 members (excludes halogenated alkanes) is 32. The summed E-state index contributed by atoms with van der Waals surface area (Å²) in [7, 11) is 0. The average molecular weight is 722 g/mol. The second-order valence-electron chi connectivity index (χ2n) is 16.0. The summed E-state index contributed by atoms with van der Waals surface area (Å²) in [6, 6.07) is -0.820. The number of hydrogen-bond acceptors (Lipinski definition) is 4. The second kappa shape index (κ2) is 41.8. The lowest BCUT2D eigenvalue weighted by atomic mass is 10.0. The van der Waals surface area contributed by atoms with E-state index in [0.29, 0.717) is 12.8 Å². The highest BCUT2D eigenvalue weighted by atomic mass is 16.3. The molecule has 304 valence electrons. The van der Waals surface area contributed by atoms with Crippen LogP contribution in [0.15, 0.2) is 12.2 Å². The van der Waals surface area contributed by atoms with E-state index < -0.39 is 18.2 Å². The van der Waals surface area contributed by atoms with Crippen LogP contribution in [0, 0.1) is 0 Å². The van der Waals surface area contributed by atoms with E-state index in [1.807, 2.05) is 0 Å². The third-order valence-corrected chi connectivity index (χ3v) is 10.9. The molecule has 3 atom stereocenters. The van der Waals surface area contributed by atoms with Gasteiger partial charge in [-0.2, -0.15) is 0 Å². The van der Waals surface area contributed by atoms with Crippen molar-refractivity contribution in [3.8, 4) is 0 Å². The van der Waals surface area contributed by atoms with Crippen molar-refractivity contribution in [3.05, 3.63) is 12.2 Å². The Labute approximate surface area is 319 Å². The molecule has 5 nitrogen and oxygen atoms in total. The van der Waals surface area contributed by atoms with Gasteiger partial charge in [-0.1, -0.05) is 219 Å². The molecular formula is C46H91NO4. The van der Waals surface area contributed by atoms with Crippen LogP contribution in [0.2, 0.25) is 0 Å². The number of aliphatic hydroxyl groups excluding tert-OH is 3. The fourth-order valence-corrected chi connectivity index (χ4v) is 7.28. The van der Waals surface area contributed by atoms with Crippen molar-refractivity contribution in [2.45, 2.75) is 270 Å². The van der Waals surface area contributed by atoms with Gasteiger partial charge in [0.25, 0.3) is 0 Å². The summed E-state index contributed by atoms with van der Waals surface area (Å²) in [5, 5.41) is 33.4. The third-order valence-electron chi connectivity index (χ3n) is 10.9. The van der Waals surface area contributed by atoms with E-state index in [1.54, 1.807) is 0 Å². The van der Waals surface area contributed by atoms with Crippen LogP contribution in [-0.4, -0.2) is 46.1 Å². The number of carbonyl (C=O) groups excluding carboxylic acids is 1. The van der Waals surface area contributed by atoms with Gasteiger partial charge >= 0.3 is 0 Å². The normalized spacial score (nSPS) is 13.6. The van der Waals surface area contributed by atoms with Crippen LogP contribution in [0.5, 0.6) is 0 Å². The zero-order valence-corrected chi connectivity index (χ0v) is 34.5. The molecule has 0 radical (unpaired) electrons. The number of allylic oxidation sites excluding steroid dienone is 2. The summed E-state index contributed by atoms with van der Waals surface area (Å²) >= 11 is 0. The van der Waals surface area contributed by atoms with Crippen LogP contribution in [0.3, 0.4) is 0 Å². The first-order chi connectivity index (χ1) is 25.1. The lowest BCUT2D eigenvalue weighted by Gasteiger charge is -2.26. The summed E-state index contributed by atoms with van der Waals surface area (Å²) in [6.07, 6.45) is 49.2. The molecule has 1 amide bonds. The molecule has 51 heavy (non-hydrogen) atoms. The second-order valence-corrected chi connectivity index (χ2v) is 16.0. The number of nitrogens with one attached hydrogen (secondary N) is 1. The van der Waals surface area contributed by atoms with Crippen molar-refractivity contribution >= 4 is 5.91 Å². The Morgan fingerprint density at radius 1 is 0.471 bits per heavy atom. The molecule has 4 N–H and O–H groups in total. The van der Waals surface area contributed by atoms with Crippen LogP contribution >= 0.6 is 0 Å². The lowest BCUT2D eigenvalue weighted by molar-refractivity contribution is -0.124. The molecule has 0 saturated carbocycles. The van der Waals surface area contributed by atoms with E-state index in [-0.39, 0.29) is 12.5 Å². The molecule has 5 heteroatoms. The SMILES string of the molecule is CCCCCCCC/C=C/CCCC(O)C(O)C(CO)NC(=O)CCCCCCCCCCCCCCCCCCCCCCCCCCCC. The summed E-state index contributed by atoms with van der Waals surface area (Å²) in [5.74, 6) is -0.151. The Morgan fingerprint density at radius 3 is 1.14 bits per heavy atom. The van der Waals surface area contributed by atoms with Gasteiger partial charge in [-0.3, -0.25) is 4.79 Å². The largest absolute Gasteiger partial charge is 0.394 e. The molecule has 0 saturated heterocycles. The molecule has 0 bridgehead atoms. The number of carbonyl (C=O) groups is 1. The van der Waals surface area contributed by atoms with E-state index in [9.17, 15) is 20.1 Å². The van der Waals surface area contributed by atoms with Gasteiger partial charge < -0.3 is 20.6 Å². The fourth-order valence-electron chi connectivity index (χ4n) is 7.28. The van der Waals surface area contributed by atoms with Crippen LogP contribution < -0.4 is 5.32 Å². The molecule has 3 unspecified atom stereocenters. The van der Waals surface area contributed by atoms with E-state index in [1.165, 1.54) is 186 Å². The van der Waals surface area contributed by atoms with Crippen molar-refractivity contribution in [2.75, 3.05) is 6.61 Å². The molecule has 0 aromatic carbocycles. The molecule has 0 aromatic heterocycles. The van der Waals surface area contributed by atoms with Crippen molar-refractivity contribution in [2.24, 2.45) is 0 Å². The Kier molecular flexibility index (Phi) is 41.1. The lowest BCUT2D eigenvalue weighted by Crippen LogP contribution is -2.50. The van der Waals surface area contributed by atoms with Gasteiger partial charge in [-0.15, -0.1) is 0 Å². The molecule has 0 aliphatic heterocycles. The first-order valence-electron chi connectivity index (χ1n) is 23.0. The minimum atomic E-state index is -1.15. The summed E-state index contributed by atoms with van der Waals surface area (Å²) in [5.41, 5.74) is 0. The quantitative estimate of drug-likeness (QED) is 0.0373. The maximum Gasteiger partial charge on any atom is 0.220 e. The van der Waals surface area contributed by atoms with Crippen molar-refractivity contribution < 1.29 is 20.1 Å². The third kappa shape index (κ3) is 37.2. The van der Waals surface area contributed by atoms with E-state index in [0.717, 1.165) is 38.5 Å². The molecule has 0 spiro atoms. The zero-order chi connectivity index (χ0) is 37.3. The van der Waals surface area contributed by atoms with Gasteiger partial charge in [0.15, 0.2) is 0 Å². The van der Waals surface area contributed by atoms with Gasteiger partial charge in [0.05, 0.1) is 18.8 Å². The maximum atomic E-state index is 12.4. The van der Waals surface area contributed by atoms with Crippen molar-refractivity contribution in [1.82, 2.24) is 5.32 Å². The van der Waals surface area contributed by atoms with Crippen LogP contribution in [0.25, 0.3) is 0 Å². The minimum absolute atomic E-state index is 0.151. The smallest absolute Gasteiger partial charge is 0.220 e. The highest BCUT2D eigenvalue weighted by Crippen LogP contribution is 2.17. The minimum Gasteiger partial charge on any atom is -0.394 e. The van der Waals surface area contributed by atoms with Crippen molar-refractivity contribution in [3.63, 3.8) is 0 Å². The Morgan fingerprint density at radius 2 is 0.784 bits per heavy atom. The Bertz CT molecular complexity index is 713. The molecular weight excluding hydrogens is 631 g/mol. The molecule has 0 aliphatic carbocycles. The van der Waals surface area contributed by atoms with E-state index >= 15 is 0 Å². The van der Waals surface area contributed by atoms with Crippen molar-refractivity contribution in [1.29, 1.82) is 0 Å². The van der Waals surface area contributed by atoms with Gasteiger partial charge in [-0.25, -0.2) is 0 Å². The Hall–Kier alpha value is -0.910. The van der Waals surface area contributed by atoms with Crippen LogP contribution in [0.4, 0.5) is 0 Å². The predicted octanol–water partition coefficient (Wildman–Crippen LogP) is 13.2. The monoisotopic (exact) mass is 722 g/mol. The van der Waals surface area contributed by atoms with Gasteiger partial charge in [0, 0.05) is 6.42 Å². The van der Waals surface area contributed by atoms with E-state index in [2.05, 4.69) is 31.3 Å². The summed E-state index contributed by atoms with van der Waals surface area (Å²) in [4.78, 5) is 12.4. The molecule has 0 fully saturated rings. The summed E-state index contributed by atoms with van der Waals surface area (Å²) in [6.45, 7) is 4.16. The number of aliphatic hydroxyl groups is 3. The van der Waals surface area contributed by atoms with Crippen LogP contribution in [-0.2, 0) is 4.79 Å². The zero-order valence-electron chi connectivity index (χ0n) is 34.5. The number of rotatable bonds is 42. The summed E-state index contributed by atoms with van der Waals surface area (Å²) < 4.78 is 0.